The maximum atomic E-state index is 11.2. The van der Waals surface area contributed by atoms with Crippen LogP contribution >= 0.6 is 0 Å². The first-order valence-corrected chi connectivity index (χ1v) is 17.5. The van der Waals surface area contributed by atoms with Crippen molar-refractivity contribution in [1.29, 1.82) is 0 Å². The fourth-order valence-electron chi connectivity index (χ4n) is 6.35. The Kier molecular flexibility index (Phi) is 11.7. The molecular weight excluding hydrogens is 656 g/mol. The van der Waals surface area contributed by atoms with Gasteiger partial charge >= 0.3 is 0 Å². The number of ether oxygens (including phenoxy) is 6. The summed E-state index contributed by atoms with van der Waals surface area (Å²) in [4.78, 5) is 0. The maximum absolute atomic E-state index is 11.2. The van der Waals surface area contributed by atoms with Crippen molar-refractivity contribution in [2.45, 2.75) is 57.1 Å². The first-order valence-electron chi connectivity index (χ1n) is 17.5. The zero-order valence-corrected chi connectivity index (χ0v) is 28.7. The Morgan fingerprint density at radius 2 is 0.981 bits per heavy atom. The highest BCUT2D eigenvalue weighted by atomic mass is 16.7. The van der Waals surface area contributed by atoms with Crippen molar-refractivity contribution in [3.63, 3.8) is 0 Å². The van der Waals surface area contributed by atoms with E-state index >= 15 is 0 Å². The molecule has 0 amide bonds. The van der Waals surface area contributed by atoms with Gasteiger partial charge in [-0.15, -0.1) is 0 Å². The Bertz CT molecular complexity index is 1970. The van der Waals surface area contributed by atoms with Crippen LogP contribution in [-0.2, 0) is 50.1 Å². The lowest BCUT2D eigenvalue weighted by Crippen LogP contribution is -2.62. The van der Waals surface area contributed by atoms with Crippen molar-refractivity contribution >= 4 is 10.8 Å². The average molecular weight is 699 g/mol. The number of hydrogen-bond acceptors (Lipinski definition) is 8. The molecular formula is C44H42O8. The molecule has 0 spiro atoms. The Labute approximate surface area is 303 Å². The molecule has 0 aliphatic carbocycles. The molecule has 1 aliphatic rings. The third-order valence-corrected chi connectivity index (χ3v) is 9.01. The summed E-state index contributed by atoms with van der Waals surface area (Å²) in [6.45, 7) is 1.34. The van der Waals surface area contributed by atoms with Crippen molar-refractivity contribution < 1.29 is 38.6 Å². The Balaban J connectivity index is 1.26. The predicted octanol–water partition coefficient (Wildman–Crippen LogP) is 8.33. The molecule has 8 nitrogen and oxygen atoms in total. The molecule has 0 radical (unpaired) electrons. The summed E-state index contributed by atoms with van der Waals surface area (Å²) < 4.78 is 40.0. The first-order chi connectivity index (χ1) is 25.6. The third kappa shape index (κ3) is 8.98. The second-order valence-corrected chi connectivity index (χ2v) is 12.8. The van der Waals surface area contributed by atoms with Crippen LogP contribution in [0.15, 0.2) is 152 Å². The van der Waals surface area contributed by atoms with Gasteiger partial charge in [0.05, 0.1) is 33.0 Å². The fraction of sp³-hybridized carbons (Fsp3) is 0.227. The van der Waals surface area contributed by atoms with E-state index < -0.39 is 30.7 Å². The molecule has 1 fully saturated rings. The van der Waals surface area contributed by atoms with E-state index in [0.29, 0.717) is 18.6 Å². The van der Waals surface area contributed by atoms with Crippen LogP contribution in [0.4, 0.5) is 0 Å². The summed E-state index contributed by atoms with van der Waals surface area (Å²) in [5, 5.41) is 22.9. The fourth-order valence-corrected chi connectivity index (χ4v) is 6.35. The van der Waals surface area contributed by atoms with E-state index in [1.807, 2.05) is 121 Å². The monoisotopic (exact) mass is 698 g/mol. The lowest BCUT2D eigenvalue weighted by Gasteiger charge is -2.45. The highest BCUT2D eigenvalue weighted by Crippen LogP contribution is 2.40. The Morgan fingerprint density at radius 1 is 0.500 bits per heavy atom. The molecule has 6 aromatic rings. The van der Waals surface area contributed by atoms with E-state index in [9.17, 15) is 10.2 Å². The van der Waals surface area contributed by atoms with Crippen LogP contribution in [0.1, 0.15) is 22.3 Å². The molecule has 0 aromatic heterocycles. The van der Waals surface area contributed by atoms with Gasteiger partial charge in [-0.1, -0.05) is 133 Å². The van der Waals surface area contributed by atoms with Gasteiger partial charge in [0, 0.05) is 5.39 Å². The molecule has 2 N–H and O–H groups in total. The topological polar surface area (TPSA) is 95.8 Å². The molecule has 52 heavy (non-hydrogen) atoms. The van der Waals surface area contributed by atoms with Gasteiger partial charge in [0.15, 0.2) is 11.5 Å². The molecule has 6 aromatic carbocycles. The van der Waals surface area contributed by atoms with Crippen molar-refractivity contribution in [2.75, 3.05) is 6.61 Å². The van der Waals surface area contributed by atoms with Crippen molar-refractivity contribution in [1.82, 2.24) is 0 Å². The number of rotatable bonds is 15. The SMILES string of the molecule is Oc1ccc2ccc(O)c(O[C@@H]3O[C@H](COCc4ccccc4)[C@@H](OCc4ccccc4)[C@H](OCc4ccccc4)[C@@H]3OCc3ccccc3)c2c1. The zero-order valence-electron chi connectivity index (χ0n) is 28.7. The number of aromatic hydroxyl groups is 2. The Hall–Kier alpha value is -5.22. The van der Waals surface area contributed by atoms with Gasteiger partial charge in [-0.3, -0.25) is 0 Å². The third-order valence-electron chi connectivity index (χ3n) is 9.01. The number of phenolic OH excluding ortho intramolecular Hbond substituents is 2. The van der Waals surface area contributed by atoms with Crippen LogP contribution in [0.2, 0.25) is 0 Å². The first kappa shape index (κ1) is 35.2. The minimum atomic E-state index is -1.08. The second kappa shape index (κ2) is 17.3. The van der Waals surface area contributed by atoms with Gasteiger partial charge in [-0.25, -0.2) is 0 Å². The molecule has 1 aliphatic heterocycles. The van der Waals surface area contributed by atoms with Crippen molar-refractivity contribution in [3.05, 3.63) is 174 Å². The summed E-state index contributed by atoms with van der Waals surface area (Å²) in [6, 6.07) is 47.9. The van der Waals surface area contributed by atoms with Crippen LogP contribution in [0.5, 0.6) is 17.2 Å². The van der Waals surface area contributed by atoms with Gasteiger partial charge in [-0.05, 0) is 45.8 Å². The summed E-state index contributed by atoms with van der Waals surface area (Å²) in [6.07, 6.45) is -3.93. The van der Waals surface area contributed by atoms with Crippen LogP contribution in [0, 0.1) is 0 Å². The highest BCUT2D eigenvalue weighted by Gasteiger charge is 2.50. The zero-order chi connectivity index (χ0) is 35.5. The quantitative estimate of drug-likeness (QED) is 0.111. The van der Waals surface area contributed by atoms with E-state index in [-0.39, 0.29) is 37.1 Å². The second-order valence-electron chi connectivity index (χ2n) is 12.8. The number of hydrogen-bond donors (Lipinski definition) is 2. The van der Waals surface area contributed by atoms with Gasteiger partial charge < -0.3 is 38.6 Å². The molecule has 5 atom stereocenters. The molecule has 266 valence electrons. The van der Waals surface area contributed by atoms with E-state index in [0.717, 1.165) is 27.6 Å². The molecule has 8 heteroatoms. The minimum Gasteiger partial charge on any atom is -0.508 e. The van der Waals surface area contributed by atoms with Crippen LogP contribution < -0.4 is 4.74 Å². The smallest absolute Gasteiger partial charge is 0.229 e. The molecule has 0 bridgehead atoms. The number of phenols is 2. The number of benzene rings is 6. The molecule has 0 unspecified atom stereocenters. The van der Waals surface area contributed by atoms with Gasteiger partial charge in [0.1, 0.15) is 30.2 Å². The van der Waals surface area contributed by atoms with E-state index in [4.69, 9.17) is 28.4 Å². The van der Waals surface area contributed by atoms with Crippen LogP contribution in [-0.4, -0.2) is 47.5 Å². The summed E-state index contributed by atoms with van der Waals surface area (Å²) in [5.74, 6) is 0.0840. The molecule has 0 saturated carbocycles. The highest BCUT2D eigenvalue weighted by molar-refractivity contribution is 5.91. The van der Waals surface area contributed by atoms with E-state index in [1.165, 1.54) is 0 Å². The summed E-state index contributed by atoms with van der Waals surface area (Å²) in [5.41, 5.74) is 3.95. The van der Waals surface area contributed by atoms with E-state index in [1.54, 1.807) is 30.3 Å². The van der Waals surface area contributed by atoms with Gasteiger partial charge in [-0.2, -0.15) is 0 Å². The standard InChI is InChI=1S/C44H42O8/c45-36-23-21-35-22-24-38(46)40(37(35)25-36)52-44-43(50-29-34-19-11-4-12-20-34)42(49-28-33-17-9-3-10-18-33)41(48-27-32-15-7-2-8-16-32)39(51-44)30-47-26-31-13-5-1-6-14-31/h1-25,39,41-46H,26-30H2/t39-,41-,42+,43+,44+/m1/s1. The van der Waals surface area contributed by atoms with Crippen molar-refractivity contribution in [2.24, 2.45) is 0 Å². The maximum Gasteiger partial charge on any atom is 0.229 e. The van der Waals surface area contributed by atoms with E-state index in [2.05, 4.69) is 0 Å². The number of fused-ring (bicyclic) bond motifs is 1. The van der Waals surface area contributed by atoms with Gasteiger partial charge in [0.25, 0.3) is 0 Å². The largest absolute Gasteiger partial charge is 0.508 e. The van der Waals surface area contributed by atoms with Crippen LogP contribution in [0.3, 0.4) is 0 Å². The lowest BCUT2D eigenvalue weighted by atomic mass is 9.97. The molecule has 7 rings (SSSR count). The average Bonchev–Trinajstić information content (AvgIpc) is 3.19. The summed E-state index contributed by atoms with van der Waals surface area (Å²) in [7, 11) is 0. The Morgan fingerprint density at radius 3 is 1.54 bits per heavy atom. The van der Waals surface area contributed by atoms with Crippen molar-refractivity contribution in [3.8, 4) is 17.2 Å². The predicted molar refractivity (Wildman–Crippen MR) is 198 cm³/mol. The van der Waals surface area contributed by atoms with Gasteiger partial charge in [0.2, 0.25) is 6.29 Å². The summed E-state index contributed by atoms with van der Waals surface area (Å²) >= 11 is 0. The normalized spacial score (nSPS) is 20.1. The molecule has 1 saturated heterocycles. The minimum absolute atomic E-state index is 0.0371. The van der Waals surface area contributed by atoms with Crippen LogP contribution in [0.25, 0.3) is 10.8 Å². The lowest BCUT2D eigenvalue weighted by molar-refractivity contribution is -0.310. The molecule has 1 heterocycles.